The molecule has 21 heavy (non-hydrogen) atoms. The summed E-state index contributed by atoms with van der Waals surface area (Å²) >= 11 is 5.68. The molecule has 108 valence electrons. The average Bonchev–Trinajstić information content (AvgIpc) is 2.44. The number of nitrogens with zero attached hydrogens (tertiary/aromatic N) is 1. The molecule has 0 spiro atoms. The fourth-order valence-electron chi connectivity index (χ4n) is 1.37. The maximum Gasteiger partial charge on any atom is 0.337 e. The number of carbonyl (C=O) groups is 1. The Labute approximate surface area is 122 Å². The van der Waals surface area contributed by atoms with Crippen LogP contribution < -0.4 is 16.0 Å². The first-order chi connectivity index (χ1) is 9.95. The molecule has 2 aromatic rings. The number of esters is 1. The molecule has 8 heteroatoms. The zero-order valence-corrected chi connectivity index (χ0v) is 11.1. The summed E-state index contributed by atoms with van der Waals surface area (Å²) in [6.07, 6.45) is 2.54. The van der Waals surface area contributed by atoms with Crippen molar-refractivity contribution in [1.82, 2.24) is 9.55 Å². The normalized spacial score (nSPS) is 10.8. The Hall–Kier alpha value is -2.67. The van der Waals surface area contributed by atoms with E-state index >= 15 is 0 Å². The Morgan fingerprint density at radius 2 is 1.95 bits per heavy atom. The summed E-state index contributed by atoms with van der Waals surface area (Å²) in [4.78, 5) is 35.4. The van der Waals surface area contributed by atoms with Gasteiger partial charge in [-0.05, 0) is 24.3 Å². The van der Waals surface area contributed by atoms with Crippen LogP contribution in [0.15, 0.2) is 46.1 Å². The lowest BCUT2D eigenvalue weighted by Gasteiger charge is -2.01. The molecule has 0 aliphatic carbocycles. The van der Waals surface area contributed by atoms with Crippen molar-refractivity contribution in [2.24, 2.45) is 0 Å². The van der Waals surface area contributed by atoms with Crippen LogP contribution in [0.3, 0.4) is 0 Å². The Bertz CT molecular complexity index is 808. The van der Waals surface area contributed by atoms with Gasteiger partial charge in [-0.15, -0.1) is 0 Å². The Morgan fingerprint density at radius 1 is 1.29 bits per heavy atom. The van der Waals surface area contributed by atoms with E-state index in [0.29, 0.717) is 15.8 Å². The Kier molecular flexibility index (Phi) is 4.34. The van der Waals surface area contributed by atoms with E-state index in [1.807, 2.05) is 0 Å². The van der Waals surface area contributed by atoms with Crippen LogP contribution in [0.4, 0.5) is 4.39 Å². The highest BCUT2D eigenvalue weighted by atomic mass is 35.5. The number of carbonyl (C=O) groups excluding carboxylic acids is 1. The molecular formula is C13H8ClFN2O4. The maximum absolute atomic E-state index is 13.0. The molecule has 6 nitrogen and oxygen atoms in total. The van der Waals surface area contributed by atoms with Crippen molar-refractivity contribution in [2.75, 3.05) is 0 Å². The standard InChI is InChI=1S/C13H8ClFN2O4/c14-8-1-3-9(4-2-8)21-11(18)5-6-17-7-10(15)12(19)16-13(17)20/h1-7H,(H,16,19,20)/b6-5+. The van der Waals surface area contributed by atoms with Crippen molar-refractivity contribution in [2.45, 2.75) is 0 Å². The molecule has 1 heterocycles. The lowest BCUT2D eigenvalue weighted by atomic mass is 10.3. The topological polar surface area (TPSA) is 81.2 Å². The van der Waals surface area contributed by atoms with Crippen LogP contribution >= 0.6 is 11.6 Å². The number of hydrogen-bond acceptors (Lipinski definition) is 4. The van der Waals surface area contributed by atoms with Crippen LogP contribution in [-0.2, 0) is 4.79 Å². The van der Waals surface area contributed by atoms with Crippen molar-refractivity contribution in [3.63, 3.8) is 0 Å². The second-order valence-corrected chi connectivity index (χ2v) is 4.27. The SMILES string of the molecule is O=C(/C=C/n1cc(F)c(=O)[nH]c1=O)Oc1ccc(Cl)cc1. The smallest absolute Gasteiger partial charge is 0.337 e. The Balaban J connectivity index is 2.12. The summed E-state index contributed by atoms with van der Waals surface area (Å²) in [7, 11) is 0. The van der Waals surface area contributed by atoms with Gasteiger partial charge in [-0.3, -0.25) is 14.3 Å². The molecule has 0 saturated heterocycles. The molecule has 0 unspecified atom stereocenters. The fourth-order valence-corrected chi connectivity index (χ4v) is 1.49. The second-order valence-electron chi connectivity index (χ2n) is 3.83. The first kappa shape index (κ1) is 14.7. The van der Waals surface area contributed by atoms with E-state index in [-0.39, 0.29) is 5.75 Å². The zero-order valence-electron chi connectivity index (χ0n) is 10.4. The summed E-state index contributed by atoms with van der Waals surface area (Å²) < 4.78 is 18.6. The van der Waals surface area contributed by atoms with Gasteiger partial charge in [0.1, 0.15) is 5.75 Å². The third kappa shape index (κ3) is 3.90. The molecule has 0 amide bonds. The highest BCUT2D eigenvalue weighted by molar-refractivity contribution is 6.30. The van der Waals surface area contributed by atoms with Crippen molar-refractivity contribution in [3.05, 3.63) is 68.2 Å². The van der Waals surface area contributed by atoms with E-state index in [1.165, 1.54) is 24.3 Å². The minimum atomic E-state index is -1.15. The van der Waals surface area contributed by atoms with Gasteiger partial charge in [-0.25, -0.2) is 9.59 Å². The predicted octanol–water partition coefficient (Wildman–Crippen LogP) is 1.41. The number of rotatable bonds is 3. The molecule has 2 rings (SSSR count). The van der Waals surface area contributed by atoms with Gasteiger partial charge in [0.2, 0.25) is 5.82 Å². The van der Waals surface area contributed by atoms with Gasteiger partial charge in [-0.2, -0.15) is 4.39 Å². The fraction of sp³-hybridized carbons (Fsp3) is 0. The third-order valence-electron chi connectivity index (χ3n) is 2.33. The van der Waals surface area contributed by atoms with Gasteiger partial charge in [-0.1, -0.05) is 11.6 Å². The number of nitrogens with one attached hydrogen (secondary N) is 1. The Morgan fingerprint density at radius 3 is 2.62 bits per heavy atom. The molecule has 1 aromatic carbocycles. The molecule has 0 aliphatic rings. The predicted molar refractivity (Wildman–Crippen MR) is 73.7 cm³/mol. The van der Waals surface area contributed by atoms with E-state index in [0.717, 1.165) is 12.3 Å². The highest BCUT2D eigenvalue weighted by Gasteiger charge is 2.03. The highest BCUT2D eigenvalue weighted by Crippen LogP contribution is 2.15. The minimum absolute atomic E-state index is 0.258. The van der Waals surface area contributed by atoms with Crippen LogP contribution in [-0.4, -0.2) is 15.5 Å². The molecule has 0 bridgehead atoms. The molecule has 1 N–H and O–H groups in total. The molecule has 0 aliphatic heterocycles. The van der Waals surface area contributed by atoms with Crippen molar-refractivity contribution >= 4 is 23.8 Å². The summed E-state index contributed by atoms with van der Waals surface area (Å²) in [5.41, 5.74) is -2.01. The van der Waals surface area contributed by atoms with Crippen LogP contribution in [0.5, 0.6) is 5.75 Å². The maximum atomic E-state index is 13.0. The number of halogens is 2. The minimum Gasteiger partial charge on any atom is -0.423 e. The number of benzene rings is 1. The van der Waals surface area contributed by atoms with E-state index in [4.69, 9.17) is 16.3 Å². The summed E-state index contributed by atoms with van der Waals surface area (Å²) in [6.45, 7) is 0. The van der Waals surface area contributed by atoms with E-state index in [2.05, 4.69) is 0 Å². The van der Waals surface area contributed by atoms with Crippen LogP contribution in [0.2, 0.25) is 5.02 Å². The summed E-state index contributed by atoms with van der Waals surface area (Å²) in [6, 6.07) is 6.05. The second kappa shape index (κ2) is 6.19. The molecule has 0 atom stereocenters. The van der Waals surface area contributed by atoms with E-state index in [9.17, 15) is 18.8 Å². The monoisotopic (exact) mass is 310 g/mol. The zero-order chi connectivity index (χ0) is 15.4. The molecule has 0 radical (unpaired) electrons. The number of hydrogen-bond donors (Lipinski definition) is 1. The first-order valence-electron chi connectivity index (χ1n) is 5.62. The molecule has 0 saturated carbocycles. The summed E-state index contributed by atoms with van der Waals surface area (Å²) in [5.74, 6) is -1.67. The third-order valence-corrected chi connectivity index (χ3v) is 2.58. The van der Waals surface area contributed by atoms with Crippen molar-refractivity contribution in [1.29, 1.82) is 0 Å². The first-order valence-corrected chi connectivity index (χ1v) is 6.00. The number of aromatic nitrogens is 2. The van der Waals surface area contributed by atoms with E-state index in [1.54, 1.807) is 4.98 Å². The van der Waals surface area contributed by atoms with Gasteiger partial charge in [0.15, 0.2) is 0 Å². The number of ether oxygens (including phenoxy) is 1. The lowest BCUT2D eigenvalue weighted by molar-refractivity contribution is -0.128. The van der Waals surface area contributed by atoms with Crippen LogP contribution in [0, 0.1) is 5.82 Å². The van der Waals surface area contributed by atoms with Crippen LogP contribution in [0.1, 0.15) is 0 Å². The van der Waals surface area contributed by atoms with Crippen molar-refractivity contribution in [3.8, 4) is 5.75 Å². The molecule has 0 fully saturated rings. The number of H-pyrrole nitrogens is 1. The molecule has 1 aromatic heterocycles. The van der Waals surface area contributed by atoms with E-state index < -0.39 is 23.0 Å². The van der Waals surface area contributed by atoms with Gasteiger partial charge >= 0.3 is 11.7 Å². The van der Waals surface area contributed by atoms with Crippen LogP contribution in [0.25, 0.3) is 6.20 Å². The lowest BCUT2D eigenvalue weighted by Crippen LogP contribution is -2.29. The average molecular weight is 311 g/mol. The number of aromatic amines is 1. The van der Waals surface area contributed by atoms with Gasteiger partial charge in [0.25, 0.3) is 5.56 Å². The van der Waals surface area contributed by atoms with Crippen molar-refractivity contribution < 1.29 is 13.9 Å². The summed E-state index contributed by atoms with van der Waals surface area (Å²) in [5, 5.41) is 0.487. The van der Waals surface area contributed by atoms with Gasteiger partial charge in [0.05, 0.1) is 6.20 Å². The largest absolute Gasteiger partial charge is 0.423 e. The van der Waals surface area contributed by atoms with Gasteiger partial charge in [0, 0.05) is 17.3 Å². The quantitative estimate of drug-likeness (QED) is 0.528. The molecular weight excluding hydrogens is 303 g/mol. The van der Waals surface area contributed by atoms with Gasteiger partial charge < -0.3 is 4.74 Å².